The topological polar surface area (TPSA) is 24.7 Å². The average Bonchev–Trinajstić information content (AvgIpc) is 2.64. The molecule has 0 bridgehead atoms. The van der Waals surface area contributed by atoms with Gasteiger partial charge in [0.05, 0.1) is 14.1 Å². The van der Waals surface area contributed by atoms with E-state index in [2.05, 4.69) is 38.4 Å². The number of nitrogens with one attached hydrogen (secondary N) is 1. The molecule has 0 atom stereocenters. The second kappa shape index (κ2) is 8.35. The summed E-state index contributed by atoms with van der Waals surface area (Å²) < 4.78 is 0. The van der Waals surface area contributed by atoms with Crippen LogP contribution in [0.1, 0.15) is 49.7 Å². The van der Waals surface area contributed by atoms with Crippen molar-refractivity contribution >= 4 is 0 Å². The Kier molecular flexibility index (Phi) is 6.67. The molecule has 2 N–H and O–H groups in total. The third kappa shape index (κ3) is 4.08. The summed E-state index contributed by atoms with van der Waals surface area (Å²) in [6, 6.07) is 20.4. The minimum absolute atomic E-state index is 0. The van der Waals surface area contributed by atoms with Crippen LogP contribution in [-0.2, 0) is 5.60 Å². The van der Waals surface area contributed by atoms with Gasteiger partial charge in [0.15, 0.2) is 0 Å². The predicted octanol–water partition coefficient (Wildman–Crippen LogP) is 0.164. The van der Waals surface area contributed by atoms with Crippen LogP contribution >= 0.6 is 0 Å². The largest absolute Gasteiger partial charge is 1.00 e. The Morgan fingerprint density at radius 1 is 0.840 bits per heavy atom. The number of aliphatic hydroxyl groups is 1. The fourth-order valence-electron chi connectivity index (χ4n) is 4.37. The normalized spacial score (nSPS) is 17.1. The lowest BCUT2D eigenvalue weighted by molar-refractivity contribution is -0.919. The van der Waals surface area contributed by atoms with Gasteiger partial charge in [-0.1, -0.05) is 67.1 Å². The predicted molar refractivity (Wildman–Crippen MR) is 99.1 cm³/mol. The minimum Gasteiger partial charge on any atom is -1.00 e. The second-order valence-corrected chi connectivity index (χ2v) is 7.61. The first kappa shape index (κ1) is 20.0. The lowest BCUT2D eigenvalue weighted by Gasteiger charge is -2.45. The zero-order chi connectivity index (χ0) is 17.0. The van der Waals surface area contributed by atoms with Gasteiger partial charge in [0, 0.05) is 19.3 Å². The summed E-state index contributed by atoms with van der Waals surface area (Å²) in [5, 5.41) is 11.9. The first-order valence-corrected chi connectivity index (χ1v) is 9.21. The van der Waals surface area contributed by atoms with Crippen LogP contribution in [-0.4, -0.2) is 24.7 Å². The van der Waals surface area contributed by atoms with Crippen molar-refractivity contribution < 1.29 is 22.4 Å². The van der Waals surface area contributed by atoms with E-state index in [0.29, 0.717) is 0 Å². The number of benzene rings is 2. The molecule has 1 aliphatic rings. The van der Waals surface area contributed by atoms with Gasteiger partial charge < -0.3 is 22.4 Å². The van der Waals surface area contributed by atoms with Gasteiger partial charge in [-0.3, -0.25) is 0 Å². The van der Waals surface area contributed by atoms with Crippen molar-refractivity contribution in [2.75, 3.05) is 14.1 Å². The van der Waals surface area contributed by atoms with Crippen molar-refractivity contribution in [3.63, 3.8) is 0 Å². The van der Waals surface area contributed by atoms with Gasteiger partial charge in [0.25, 0.3) is 0 Å². The van der Waals surface area contributed by atoms with Gasteiger partial charge >= 0.3 is 0 Å². The molecule has 0 amide bonds. The fraction of sp³-hybridized carbons (Fsp3) is 0.455. The molecule has 3 rings (SSSR count). The lowest BCUT2D eigenvalue weighted by Crippen LogP contribution is -3.15. The van der Waals surface area contributed by atoms with Crippen molar-refractivity contribution in [2.45, 2.75) is 49.7 Å². The number of halogens is 1. The zero-order valence-corrected chi connectivity index (χ0v) is 16.1. The van der Waals surface area contributed by atoms with Crippen LogP contribution in [0.25, 0.3) is 0 Å². The molecule has 0 unspecified atom stereocenters. The SMILES string of the molecule is C[NH+](C)C1(CC(O)(c2ccccc2)c2ccccc2)CCCCC1.[Cl-]. The van der Waals surface area contributed by atoms with E-state index in [1.165, 1.54) is 37.0 Å². The van der Waals surface area contributed by atoms with Crippen LogP contribution in [0.2, 0.25) is 0 Å². The zero-order valence-electron chi connectivity index (χ0n) is 15.3. The molecule has 0 saturated heterocycles. The third-order valence-corrected chi connectivity index (χ3v) is 5.97. The highest BCUT2D eigenvalue weighted by atomic mass is 35.5. The lowest BCUT2D eigenvalue weighted by atomic mass is 9.69. The Morgan fingerprint density at radius 2 is 1.28 bits per heavy atom. The number of hydrogen-bond donors (Lipinski definition) is 2. The van der Waals surface area contributed by atoms with Crippen LogP contribution in [0, 0.1) is 0 Å². The molecule has 3 heteroatoms. The van der Waals surface area contributed by atoms with Crippen molar-refractivity contribution in [3.8, 4) is 0 Å². The van der Waals surface area contributed by atoms with Crippen LogP contribution < -0.4 is 17.3 Å². The summed E-state index contributed by atoms with van der Waals surface area (Å²) in [5.74, 6) is 0. The minimum atomic E-state index is -0.933. The first-order chi connectivity index (χ1) is 11.6. The molecule has 25 heavy (non-hydrogen) atoms. The van der Waals surface area contributed by atoms with E-state index in [1.54, 1.807) is 0 Å². The van der Waals surface area contributed by atoms with E-state index in [4.69, 9.17) is 0 Å². The van der Waals surface area contributed by atoms with Crippen LogP contribution in [0.15, 0.2) is 60.7 Å². The second-order valence-electron chi connectivity index (χ2n) is 7.61. The van der Waals surface area contributed by atoms with E-state index in [0.717, 1.165) is 17.5 Å². The molecule has 136 valence electrons. The van der Waals surface area contributed by atoms with E-state index in [9.17, 15) is 5.11 Å². The van der Waals surface area contributed by atoms with Crippen molar-refractivity contribution in [2.24, 2.45) is 0 Å². The molecule has 0 aromatic heterocycles. The van der Waals surface area contributed by atoms with Gasteiger partial charge in [0.2, 0.25) is 0 Å². The smallest absolute Gasteiger partial charge is 0.121 e. The summed E-state index contributed by atoms with van der Waals surface area (Å²) in [5.41, 5.74) is 1.21. The van der Waals surface area contributed by atoms with Gasteiger partial charge in [-0.25, -0.2) is 0 Å². The van der Waals surface area contributed by atoms with E-state index in [1.807, 2.05) is 36.4 Å². The molecule has 1 aliphatic carbocycles. The molecule has 0 spiro atoms. The Morgan fingerprint density at radius 3 is 1.68 bits per heavy atom. The molecule has 0 aliphatic heterocycles. The highest BCUT2D eigenvalue weighted by molar-refractivity contribution is 5.36. The van der Waals surface area contributed by atoms with E-state index < -0.39 is 5.60 Å². The van der Waals surface area contributed by atoms with E-state index in [-0.39, 0.29) is 17.9 Å². The number of quaternary nitrogens is 1. The number of hydrogen-bond acceptors (Lipinski definition) is 1. The monoisotopic (exact) mass is 359 g/mol. The summed E-state index contributed by atoms with van der Waals surface area (Å²) in [7, 11) is 4.50. The summed E-state index contributed by atoms with van der Waals surface area (Å²) >= 11 is 0. The Bertz CT molecular complexity index is 596. The fourth-order valence-corrected chi connectivity index (χ4v) is 4.37. The van der Waals surface area contributed by atoms with Gasteiger partial charge in [-0.05, 0) is 24.0 Å². The van der Waals surface area contributed by atoms with E-state index >= 15 is 0 Å². The Hall–Kier alpha value is -1.35. The van der Waals surface area contributed by atoms with Crippen LogP contribution in [0.5, 0.6) is 0 Å². The third-order valence-electron chi connectivity index (χ3n) is 5.97. The van der Waals surface area contributed by atoms with Gasteiger partial charge in [-0.2, -0.15) is 0 Å². The van der Waals surface area contributed by atoms with Crippen LogP contribution in [0.4, 0.5) is 0 Å². The summed E-state index contributed by atoms with van der Waals surface area (Å²) in [4.78, 5) is 1.47. The van der Waals surface area contributed by atoms with Crippen molar-refractivity contribution in [1.29, 1.82) is 0 Å². The molecule has 2 aromatic rings. The quantitative estimate of drug-likeness (QED) is 0.781. The Labute approximate surface area is 158 Å². The standard InChI is InChI=1S/C22H29NO.ClH/c1-23(2)21(16-10-5-11-17-21)18-22(24,19-12-6-3-7-13-19)20-14-8-4-9-15-20;/h3-4,6-9,12-15,24H,5,10-11,16-18H2,1-2H3;1H. The Balaban J connectivity index is 0.00000225. The highest BCUT2D eigenvalue weighted by Crippen LogP contribution is 2.41. The number of rotatable bonds is 5. The highest BCUT2D eigenvalue weighted by Gasteiger charge is 2.46. The molecule has 0 heterocycles. The molecule has 1 saturated carbocycles. The maximum atomic E-state index is 11.9. The van der Waals surface area contributed by atoms with Gasteiger partial charge in [-0.15, -0.1) is 0 Å². The maximum Gasteiger partial charge on any atom is 0.121 e. The molecule has 2 aromatic carbocycles. The van der Waals surface area contributed by atoms with Crippen molar-refractivity contribution in [3.05, 3.63) is 71.8 Å². The first-order valence-electron chi connectivity index (χ1n) is 9.21. The molecule has 2 nitrogen and oxygen atoms in total. The maximum absolute atomic E-state index is 11.9. The van der Waals surface area contributed by atoms with Crippen molar-refractivity contribution in [1.82, 2.24) is 0 Å². The molecular weight excluding hydrogens is 330 g/mol. The molecule has 0 radical (unpaired) electrons. The molecule has 1 fully saturated rings. The summed E-state index contributed by atoms with van der Waals surface area (Å²) in [6.45, 7) is 0. The van der Waals surface area contributed by atoms with Gasteiger partial charge in [0.1, 0.15) is 11.1 Å². The average molecular weight is 360 g/mol. The summed E-state index contributed by atoms with van der Waals surface area (Å²) in [6.07, 6.45) is 7.02. The molecular formula is C22H30ClNO. The van der Waals surface area contributed by atoms with Crippen LogP contribution in [0.3, 0.4) is 0 Å².